The van der Waals surface area contributed by atoms with Crippen LogP contribution in [0.2, 0.25) is 0 Å². The largest absolute Gasteiger partial charge is 0.314 e. The molecule has 1 fully saturated rings. The second kappa shape index (κ2) is 7.43. The van der Waals surface area contributed by atoms with E-state index in [2.05, 4.69) is 53.4 Å². The van der Waals surface area contributed by atoms with E-state index in [0.717, 1.165) is 6.54 Å². The summed E-state index contributed by atoms with van der Waals surface area (Å²) in [6.07, 6.45) is 5.21. The van der Waals surface area contributed by atoms with Gasteiger partial charge in [-0.25, -0.2) is 0 Å². The molecule has 1 aromatic rings. The minimum atomic E-state index is 0.590. The van der Waals surface area contributed by atoms with Crippen LogP contribution >= 0.6 is 11.3 Å². The Morgan fingerprint density at radius 1 is 1.32 bits per heavy atom. The molecule has 3 rings (SSSR count). The normalized spacial score (nSPS) is 25.1. The van der Waals surface area contributed by atoms with E-state index in [4.69, 9.17) is 0 Å². The first-order valence-corrected chi connectivity index (χ1v) is 9.76. The van der Waals surface area contributed by atoms with Crippen LogP contribution in [0.15, 0.2) is 6.07 Å². The van der Waals surface area contributed by atoms with Gasteiger partial charge in [0.15, 0.2) is 0 Å². The minimum Gasteiger partial charge on any atom is -0.314 e. The van der Waals surface area contributed by atoms with Gasteiger partial charge in [-0.1, -0.05) is 6.92 Å². The Balaban J connectivity index is 1.71. The van der Waals surface area contributed by atoms with E-state index in [9.17, 15) is 0 Å². The highest BCUT2D eigenvalue weighted by Gasteiger charge is 2.29. The van der Waals surface area contributed by atoms with Crippen molar-refractivity contribution >= 4 is 11.3 Å². The van der Waals surface area contributed by atoms with Crippen LogP contribution in [0.4, 0.5) is 0 Å². The third kappa shape index (κ3) is 3.73. The topological polar surface area (TPSA) is 18.5 Å². The van der Waals surface area contributed by atoms with Crippen molar-refractivity contribution in [1.82, 2.24) is 15.1 Å². The Morgan fingerprint density at radius 2 is 2.09 bits per heavy atom. The average Bonchev–Trinajstić information content (AvgIpc) is 2.90. The van der Waals surface area contributed by atoms with E-state index in [1.54, 1.807) is 15.3 Å². The van der Waals surface area contributed by atoms with Crippen LogP contribution in [-0.2, 0) is 12.8 Å². The molecule has 0 bridgehead atoms. The molecule has 22 heavy (non-hydrogen) atoms. The van der Waals surface area contributed by atoms with E-state index in [-0.39, 0.29) is 0 Å². The van der Waals surface area contributed by atoms with Crippen molar-refractivity contribution in [2.75, 3.05) is 39.8 Å². The number of nitrogens with one attached hydrogen (secondary N) is 1. The second-order valence-electron chi connectivity index (χ2n) is 7.00. The van der Waals surface area contributed by atoms with Gasteiger partial charge < -0.3 is 10.2 Å². The van der Waals surface area contributed by atoms with Gasteiger partial charge in [-0.3, -0.25) is 4.90 Å². The molecule has 2 aliphatic rings. The van der Waals surface area contributed by atoms with E-state index in [1.165, 1.54) is 51.9 Å². The number of likely N-dealkylation sites (N-methyl/N-ethyl adjacent to an activating group) is 2. The number of thiophene rings is 1. The van der Waals surface area contributed by atoms with Crippen LogP contribution < -0.4 is 5.32 Å². The molecule has 4 heteroatoms. The van der Waals surface area contributed by atoms with Gasteiger partial charge in [0.25, 0.3) is 0 Å². The summed E-state index contributed by atoms with van der Waals surface area (Å²) in [5.41, 5.74) is 1.67. The molecule has 2 atom stereocenters. The molecule has 124 valence electrons. The zero-order valence-corrected chi connectivity index (χ0v) is 15.2. The van der Waals surface area contributed by atoms with E-state index < -0.39 is 0 Å². The summed E-state index contributed by atoms with van der Waals surface area (Å²) >= 11 is 2.08. The average molecular weight is 322 g/mol. The van der Waals surface area contributed by atoms with Crippen molar-refractivity contribution in [2.45, 2.75) is 51.6 Å². The lowest BCUT2D eigenvalue weighted by Crippen LogP contribution is -2.46. The standard InChI is InChI=1S/C18H31N3S/c1-4-19-14(2)12-15-13-16-17(6-5-7-18(16)22-15)21-10-8-20(3)9-11-21/h13-14,17,19H,4-12H2,1-3H3. The summed E-state index contributed by atoms with van der Waals surface area (Å²) in [6.45, 7) is 10.5. The Morgan fingerprint density at radius 3 is 2.82 bits per heavy atom. The zero-order chi connectivity index (χ0) is 15.5. The van der Waals surface area contributed by atoms with Gasteiger partial charge in [0.05, 0.1) is 0 Å². The number of hydrogen-bond donors (Lipinski definition) is 1. The maximum Gasteiger partial charge on any atom is 0.0360 e. The van der Waals surface area contributed by atoms with Crippen LogP contribution in [0.3, 0.4) is 0 Å². The highest BCUT2D eigenvalue weighted by Crippen LogP contribution is 2.39. The maximum atomic E-state index is 3.54. The van der Waals surface area contributed by atoms with Gasteiger partial charge in [0.1, 0.15) is 0 Å². The van der Waals surface area contributed by atoms with Gasteiger partial charge >= 0.3 is 0 Å². The lowest BCUT2D eigenvalue weighted by Gasteiger charge is -2.39. The minimum absolute atomic E-state index is 0.590. The molecule has 1 N–H and O–H groups in total. The van der Waals surface area contributed by atoms with Crippen LogP contribution in [0.5, 0.6) is 0 Å². The van der Waals surface area contributed by atoms with Gasteiger partial charge in [0.2, 0.25) is 0 Å². The molecule has 1 aliphatic heterocycles. The first kappa shape index (κ1) is 16.4. The fourth-order valence-corrected chi connectivity index (χ4v) is 5.32. The second-order valence-corrected chi connectivity index (χ2v) is 8.22. The Kier molecular flexibility index (Phi) is 5.55. The van der Waals surface area contributed by atoms with Gasteiger partial charge in [-0.2, -0.15) is 0 Å². The van der Waals surface area contributed by atoms with Crippen LogP contribution in [0.1, 0.15) is 48.0 Å². The van der Waals surface area contributed by atoms with Crippen molar-refractivity contribution in [2.24, 2.45) is 0 Å². The highest BCUT2D eigenvalue weighted by atomic mass is 32.1. The smallest absolute Gasteiger partial charge is 0.0360 e. The van der Waals surface area contributed by atoms with Crippen LogP contribution in [-0.4, -0.2) is 55.6 Å². The lowest BCUT2D eigenvalue weighted by atomic mass is 9.91. The quantitative estimate of drug-likeness (QED) is 0.899. The SMILES string of the molecule is CCNC(C)Cc1cc2c(s1)CCCC2N1CCN(C)CC1. The Labute approximate surface area is 139 Å². The molecule has 1 saturated heterocycles. The number of nitrogens with zero attached hydrogens (tertiary/aromatic N) is 2. The van der Waals surface area contributed by atoms with E-state index in [0.29, 0.717) is 12.1 Å². The highest BCUT2D eigenvalue weighted by molar-refractivity contribution is 7.12. The van der Waals surface area contributed by atoms with Gasteiger partial charge in [-0.15, -0.1) is 11.3 Å². The number of fused-ring (bicyclic) bond motifs is 1. The van der Waals surface area contributed by atoms with Crippen molar-refractivity contribution in [1.29, 1.82) is 0 Å². The first-order valence-electron chi connectivity index (χ1n) is 8.94. The third-order valence-corrected chi connectivity index (χ3v) is 6.40. The molecule has 0 saturated carbocycles. The molecular weight excluding hydrogens is 290 g/mol. The fraction of sp³-hybridized carbons (Fsp3) is 0.778. The molecule has 0 radical (unpaired) electrons. The molecule has 2 unspecified atom stereocenters. The molecule has 0 aromatic carbocycles. The molecule has 3 nitrogen and oxygen atoms in total. The predicted molar refractivity (Wildman–Crippen MR) is 95.9 cm³/mol. The summed E-state index contributed by atoms with van der Waals surface area (Å²) in [4.78, 5) is 8.45. The third-order valence-electron chi connectivity index (χ3n) is 5.17. The Bertz CT molecular complexity index is 477. The van der Waals surface area contributed by atoms with Crippen molar-refractivity contribution in [3.63, 3.8) is 0 Å². The summed E-state index contributed by atoms with van der Waals surface area (Å²) in [5.74, 6) is 0. The van der Waals surface area contributed by atoms with Gasteiger partial charge in [-0.05, 0) is 57.8 Å². The molecule has 1 aliphatic carbocycles. The summed E-state index contributed by atoms with van der Waals surface area (Å²) in [6, 6.07) is 3.82. The zero-order valence-electron chi connectivity index (χ0n) is 14.4. The van der Waals surface area contributed by atoms with Crippen molar-refractivity contribution in [3.05, 3.63) is 21.4 Å². The van der Waals surface area contributed by atoms with E-state index in [1.807, 2.05) is 0 Å². The van der Waals surface area contributed by atoms with Crippen LogP contribution in [0.25, 0.3) is 0 Å². The summed E-state index contributed by atoms with van der Waals surface area (Å²) < 4.78 is 0. The monoisotopic (exact) mass is 321 g/mol. The number of rotatable bonds is 5. The summed E-state index contributed by atoms with van der Waals surface area (Å²) in [7, 11) is 2.24. The number of piperazine rings is 1. The molecule has 0 spiro atoms. The lowest BCUT2D eigenvalue weighted by molar-refractivity contribution is 0.103. The van der Waals surface area contributed by atoms with E-state index >= 15 is 0 Å². The molecule has 1 aromatic heterocycles. The van der Waals surface area contributed by atoms with Gasteiger partial charge in [0, 0.05) is 48.0 Å². The molecule has 2 heterocycles. The first-order chi connectivity index (χ1) is 10.7. The Hall–Kier alpha value is -0.420. The number of aryl methyl sites for hydroxylation is 1. The number of hydrogen-bond acceptors (Lipinski definition) is 4. The van der Waals surface area contributed by atoms with Crippen LogP contribution in [0, 0.1) is 0 Å². The molecule has 0 amide bonds. The predicted octanol–water partition coefficient (Wildman–Crippen LogP) is 2.91. The fourth-order valence-electron chi connectivity index (χ4n) is 3.93. The molecular formula is C18H31N3S. The summed E-state index contributed by atoms with van der Waals surface area (Å²) in [5, 5.41) is 3.54. The van der Waals surface area contributed by atoms with Crippen molar-refractivity contribution < 1.29 is 0 Å². The van der Waals surface area contributed by atoms with Crippen molar-refractivity contribution in [3.8, 4) is 0 Å². The maximum absolute atomic E-state index is 3.54.